The summed E-state index contributed by atoms with van der Waals surface area (Å²) in [6, 6.07) is 14.5. The summed E-state index contributed by atoms with van der Waals surface area (Å²) in [5, 5.41) is 7.92. The molecular weight excluding hydrogens is 382 g/mol. The van der Waals surface area contributed by atoms with Crippen molar-refractivity contribution < 1.29 is 9.53 Å². The second-order valence-corrected chi connectivity index (χ2v) is 7.51. The summed E-state index contributed by atoms with van der Waals surface area (Å²) in [7, 11) is 0. The number of hydrogen-bond donors (Lipinski definition) is 2. The second-order valence-electron chi connectivity index (χ2n) is 6.65. The van der Waals surface area contributed by atoms with Crippen molar-refractivity contribution >= 4 is 45.6 Å². The van der Waals surface area contributed by atoms with E-state index in [0.29, 0.717) is 37.7 Å². The quantitative estimate of drug-likeness (QED) is 0.688. The molecule has 7 heteroatoms. The van der Waals surface area contributed by atoms with Crippen LogP contribution in [0.25, 0.3) is 22.0 Å². The van der Waals surface area contributed by atoms with Crippen LogP contribution in [0.3, 0.4) is 0 Å². The number of rotatable bonds is 4. The summed E-state index contributed by atoms with van der Waals surface area (Å²) in [4.78, 5) is 17.4. The maximum atomic E-state index is 12.8. The van der Waals surface area contributed by atoms with E-state index in [-0.39, 0.29) is 18.3 Å². The number of nitrogens with two attached hydrogens (primary N) is 1. The van der Waals surface area contributed by atoms with Gasteiger partial charge in [0.1, 0.15) is 0 Å². The van der Waals surface area contributed by atoms with Crippen molar-refractivity contribution in [3.8, 4) is 11.3 Å². The van der Waals surface area contributed by atoms with Gasteiger partial charge in [-0.25, -0.2) is 4.98 Å². The maximum Gasteiger partial charge on any atom is 0.233 e. The molecular formula is C20H22ClN3O2S. The van der Waals surface area contributed by atoms with Gasteiger partial charge < -0.3 is 15.8 Å². The molecule has 1 aliphatic heterocycles. The maximum absolute atomic E-state index is 12.8. The molecule has 1 saturated heterocycles. The van der Waals surface area contributed by atoms with Crippen LogP contribution in [0.2, 0.25) is 0 Å². The van der Waals surface area contributed by atoms with E-state index in [2.05, 4.69) is 40.6 Å². The number of ether oxygens (including phenoxy) is 1. The Morgan fingerprint density at radius 3 is 2.67 bits per heavy atom. The van der Waals surface area contributed by atoms with E-state index >= 15 is 0 Å². The molecule has 4 rings (SSSR count). The number of carbonyl (C=O) groups excluding carboxylic acids is 1. The molecule has 2 heterocycles. The Labute approximate surface area is 168 Å². The van der Waals surface area contributed by atoms with Gasteiger partial charge in [-0.3, -0.25) is 4.79 Å². The van der Waals surface area contributed by atoms with Crippen LogP contribution in [0.15, 0.2) is 47.8 Å². The van der Waals surface area contributed by atoms with E-state index in [0.717, 1.165) is 11.3 Å². The van der Waals surface area contributed by atoms with E-state index in [1.807, 2.05) is 17.5 Å². The standard InChI is InChI=1S/C20H21N3O2S.ClH/c21-13-20(7-9-25-10-8-20)18(24)23-19-22-17(12-26-19)16-6-5-14-3-1-2-4-15(14)11-16;/h1-6,11-12H,7-10,13,21H2,(H,22,23,24);1H. The minimum atomic E-state index is -0.549. The number of halogens is 1. The van der Waals surface area contributed by atoms with E-state index in [9.17, 15) is 4.79 Å². The predicted octanol–water partition coefficient (Wildman–Crippen LogP) is 4.08. The number of aromatic nitrogens is 1. The van der Waals surface area contributed by atoms with Gasteiger partial charge in [0.15, 0.2) is 5.13 Å². The van der Waals surface area contributed by atoms with Crippen LogP contribution < -0.4 is 11.1 Å². The van der Waals surface area contributed by atoms with Gasteiger partial charge in [-0.2, -0.15) is 0 Å². The number of hydrogen-bond acceptors (Lipinski definition) is 5. The largest absolute Gasteiger partial charge is 0.381 e. The number of carbonyl (C=O) groups is 1. The molecule has 0 unspecified atom stereocenters. The number of benzene rings is 2. The first-order valence-corrected chi connectivity index (χ1v) is 9.62. The first-order valence-electron chi connectivity index (χ1n) is 8.74. The van der Waals surface area contributed by atoms with Gasteiger partial charge in [0, 0.05) is 30.7 Å². The first kappa shape index (κ1) is 19.8. The zero-order chi connectivity index (χ0) is 18.0. The van der Waals surface area contributed by atoms with Crippen molar-refractivity contribution in [1.82, 2.24) is 4.98 Å². The Morgan fingerprint density at radius 2 is 1.93 bits per heavy atom. The lowest BCUT2D eigenvalue weighted by atomic mass is 9.79. The van der Waals surface area contributed by atoms with Gasteiger partial charge in [-0.1, -0.05) is 36.4 Å². The Hall–Kier alpha value is -1.99. The highest BCUT2D eigenvalue weighted by Gasteiger charge is 2.39. The number of nitrogens with zero attached hydrogens (tertiary/aromatic N) is 1. The molecule has 3 N–H and O–H groups in total. The third kappa shape index (κ3) is 3.99. The molecule has 2 aromatic carbocycles. The second kappa shape index (κ2) is 8.35. The summed E-state index contributed by atoms with van der Waals surface area (Å²) in [5.41, 5.74) is 7.27. The molecule has 1 aromatic heterocycles. The molecule has 27 heavy (non-hydrogen) atoms. The highest BCUT2D eigenvalue weighted by atomic mass is 35.5. The Kier molecular flexibility index (Phi) is 6.11. The number of thiazole rings is 1. The number of nitrogens with one attached hydrogen (secondary N) is 1. The van der Waals surface area contributed by atoms with E-state index in [4.69, 9.17) is 10.5 Å². The molecule has 0 bridgehead atoms. The van der Waals surface area contributed by atoms with Crippen molar-refractivity contribution in [1.29, 1.82) is 0 Å². The zero-order valence-electron chi connectivity index (χ0n) is 14.8. The van der Waals surface area contributed by atoms with Crippen LogP contribution in [0.4, 0.5) is 5.13 Å². The number of fused-ring (bicyclic) bond motifs is 1. The van der Waals surface area contributed by atoms with Crippen LogP contribution in [-0.2, 0) is 9.53 Å². The van der Waals surface area contributed by atoms with Crippen molar-refractivity contribution in [2.24, 2.45) is 11.1 Å². The predicted molar refractivity (Wildman–Crippen MR) is 112 cm³/mol. The molecule has 1 aliphatic rings. The Morgan fingerprint density at radius 1 is 1.19 bits per heavy atom. The SMILES string of the molecule is Cl.NCC1(C(=O)Nc2nc(-c3ccc4ccccc4c3)cs2)CCOCC1. The van der Waals surface area contributed by atoms with E-state index < -0.39 is 5.41 Å². The average Bonchev–Trinajstić information content (AvgIpc) is 3.16. The normalized spacial score (nSPS) is 15.9. The monoisotopic (exact) mass is 403 g/mol. The fourth-order valence-electron chi connectivity index (χ4n) is 3.33. The first-order chi connectivity index (χ1) is 12.7. The molecule has 1 amide bonds. The van der Waals surface area contributed by atoms with Gasteiger partial charge in [0.25, 0.3) is 0 Å². The van der Waals surface area contributed by atoms with E-state index in [1.54, 1.807) is 0 Å². The van der Waals surface area contributed by atoms with Gasteiger partial charge in [-0.15, -0.1) is 23.7 Å². The van der Waals surface area contributed by atoms with Crippen molar-refractivity contribution in [2.45, 2.75) is 12.8 Å². The fourth-order valence-corrected chi connectivity index (χ4v) is 4.04. The van der Waals surface area contributed by atoms with Crippen molar-refractivity contribution in [2.75, 3.05) is 25.1 Å². The lowest BCUT2D eigenvalue weighted by Gasteiger charge is -2.34. The molecule has 0 saturated carbocycles. The molecule has 0 aliphatic carbocycles. The van der Waals surface area contributed by atoms with Crippen molar-refractivity contribution in [3.63, 3.8) is 0 Å². The van der Waals surface area contributed by atoms with E-state index in [1.165, 1.54) is 22.1 Å². The van der Waals surface area contributed by atoms with Crippen LogP contribution in [0.5, 0.6) is 0 Å². The van der Waals surface area contributed by atoms with Crippen LogP contribution in [0, 0.1) is 5.41 Å². The number of anilines is 1. The summed E-state index contributed by atoms with van der Waals surface area (Å²) in [5.74, 6) is -0.0530. The number of amides is 1. The van der Waals surface area contributed by atoms with Gasteiger partial charge >= 0.3 is 0 Å². The highest BCUT2D eigenvalue weighted by molar-refractivity contribution is 7.14. The Balaban J connectivity index is 0.00000210. The average molecular weight is 404 g/mol. The summed E-state index contributed by atoms with van der Waals surface area (Å²) in [6.45, 7) is 1.47. The molecule has 0 radical (unpaired) electrons. The summed E-state index contributed by atoms with van der Waals surface area (Å²) in [6.07, 6.45) is 1.30. The molecule has 142 valence electrons. The Bertz CT molecular complexity index is 938. The third-order valence-electron chi connectivity index (χ3n) is 5.09. The molecule has 0 spiro atoms. The third-order valence-corrected chi connectivity index (χ3v) is 5.85. The minimum Gasteiger partial charge on any atom is -0.381 e. The van der Waals surface area contributed by atoms with Gasteiger partial charge in [0.2, 0.25) is 5.91 Å². The topological polar surface area (TPSA) is 77.2 Å². The van der Waals surface area contributed by atoms with Crippen molar-refractivity contribution in [3.05, 3.63) is 47.8 Å². The molecule has 1 fully saturated rings. The van der Waals surface area contributed by atoms with Gasteiger partial charge in [0.05, 0.1) is 11.1 Å². The molecule has 0 atom stereocenters. The van der Waals surface area contributed by atoms with Crippen LogP contribution in [0.1, 0.15) is 12.8 Å². The summed E-state index contributed by atoms with van der Waals surface area (Å²) >= 11 is 1.44. The minimum absolute atomic E-state index is 0. The summed E-state index contributed by atoms with van der Waals surface area (Å²) < 4.78 is 5.38. The smallest absolute Gasteiger partial charge is 0.233 e. The fraction of sp³-hybridized carbons (Fsp3) is 0.300. The molecule has 5 nitrogen and oxygen atoms in total. The van der Waals surface area contributed by atoms with Gasteiger partial charge in [-0.05, 0) is 29.7 Å². The van der Waals surface area contributed by atoms with Crippen LogP contribution >= 0.6 is 23.7 Å². The highest BCUT2D eigenvalue weighted by Crippen LogP contribution is 2.33. The molecule has 3 aromatic rings. The lowest BCUT2D eigenvalue weighted by molar-refractivity contribution is -0.130. The lowest BCUT2D eigenvalue weighted by Crippen LogP contribution is -2.46. The zero-order valence-corrected chi connectivity index (χ0v) is 16.4. The van der Waals surface area contributed by atoms with Crippen LogP contribution in [-0.4, -0.2) is 30.6 Å².